The largest absolute Gasteiger partial charge is 0.469 e. The number of carbonyl (C=O) groups excluding carboxylic acids is 2. The number of methoxy groups -OCH3 is 2. The van der Waals surface area contributed by atoms with E-state index in [1.165, 1.54) is 20.6 Å². The van der Waals surface area contributed by atoms with E-state index >= 15 is 0 Å². The summed E-state index contributed by atoms with van der Waals surface area (Å²) in [5.41, 5.74) is -0.555. The summed E-state index contributed by atoms with van der Waals surface area (Å²) in [6.07, 6.45) is 2.35. The highest BCUT2D eigenvalue weighted by Crippen LogP contribution is 3.02. The summed E-state index contributed by atoms with van der Waals surface area (Å²) in [7, 11) is 2.95. The van der Waals surface area contributed by atoms with E-state index in [0.717, 1.165) is 6.42 Å². The summed E-state index contributed by atoms with van der Waals surface area (Å²) in [5.74, 6) is 2.61. The number of fused-ring (bicyclic) bond motifs is 1. The van der Waals surface area contributed by atoms with Crippen LogP contribution in [-0.4, -0.2) is 26.2 Å². The van der Waals surface area contributed by atoms with E-state index in [-0.39, 0.29) is 34.6 Å². The van der Waals surface area contributed by atoms with Crippen molar-refractivity contribution in [3.8, 4) is 0 Å². The van der Waals surface area contributed by atoms with Crippen LogP contribution in [0.15, 0.2) is 0 Å². The molecule has 0 aromatic carbocycles. The summed E-state index contributed by atoms with van der Waals surface area (Å²) < 4.78 is 10.1. The fourth-order valence-electron chi connectivity index (χ4n) is 7.42. The van der Waals surface area contributed by atoms with Crippen molar-refractivity contribution in [1.29, 1.82) is 0 Å². The van der Waals surface area contributed by atoms with Gasteiger partial charge in [0.05, 0.1) is 25.0 Å². The van der Waals surface area contributed by atoms with Gasteiger partial charge in [-0.15, -0.1) is 0 Å². The van der Waals surface area contributed by atoms with E-state index in [0.29, 0.717) is 23.7 Å². The lowest BCUT2D eigenvalue weighted by Gasteiger charge is -2.99. The molecule has 0 amide bonds. The molecule has 6 fully saturated rings. The van der Waals surface area contributed by atoms with E-state index in [1.54, 1.807) is 0 Å². The number of carbonyl (C=O) groups is 2. The third kappa shape index (κ3) is 0.503. The van der Waals surface area contributed by atoms with Crippen LogP contribution in [0.1, 0.15) is 12.8 Å². The first-order chi connectivity index (χ1) is 8.68. The van der Waals surface area contributed by atoms with Crippen LogP contribution in [0.4, 0.5) is 0 Å². The maximum atomic E-state index is 12.2. The van der Waals surface area contributed by atoms with Crippen LogP contribution in [0.3, 0.4) is 0 Å². The molecule has 96 valence electrons. The quantitative estimate of drug-likeness (QED) is 0.680. The zero-order chi connectivity index (χ0) is 12.4. The smallest absolute Gasteiger partial charge is 0.312 e. The third-order valence-electron chi connectivity index (χ3n) is 7.27. The molecule has 8 unspecified atom stereocenters. The molecule has 0 aromatic rings. The molecule has 2 bridgehead atoms. The zero-order valence-corrected chi connectivity index (χ0v) is 10.5. The Bertz CT molecular complexity index is 510. The number of esters is 2. The molecule has 6 aliphatic rings. The zero-order valence-electron chi connectivity index (χ0n) is 10.5. The predicted octanol–water partition coefficient (Wildman–Crippen LogP) is 0.851. The predicted molar refractivity (Wildman–Crippen MR) is 59.1 cm³/mol. The Labute approximate surface area is 105 Å². The van der Waals surface area contributed by atoms with Crippen LogP contribution in [0.25, 0.3) is 0 Å². The molecule has 8 atom stereocenters. The number of rotatable bonds is 2. The van der Waals surface area contributed by atoms with Crippen molar-refractivity contribution in [2.75, 3.05) is 14.2 Å². The van der Waals surface area contributed by atoms with Crippen molar-refractivity contribution in [3.63, 3.8) is 0 Å². The van der Waals surface area contributed by atoms with Gasteiger partial charge in [0, 0.05) is 0 Å². The average molecular weight is 248 g/mol. The second kappa shape index (κ2) is 2.35. The topological polar surface area (TPSA) is 52.6 Å². The van der Waals surface area contributed by atoms with E-state index in [4.69, 9.17) is 9.47 Å². The highest BCUT2D eigenvalue weighted by molar-refractivity contribution is 5.95. The second-order valence-corrected chi connectivity index (χ2v) is 6.76. The Hall–Kier alpha value is -1.06. The van der Waals surface area contributed by atoms with Gasteiger partial charge in [0.25, 0.3) is 0 Å². The lowest BCUT2D eigenvalue weighted by molar-refractivity contribution is -0.532. The van der Waals surface area contributed by atoms with Crippen LogP contribution in [0.2, 0.25) is 0 Å². The molecular formula is C14H16O4. The molecule has 0 saturated heterocycles. The van der Waals surface area contributed by atoms with Gasteiger partial charge < -0.3 is 9.47 Å². The van der Waals surface area contributed by atoms with Gasteiger partial charge in [-0.3, -0.25) is 9.59 Å². The van der Waals surface area contributed by atoms with Crippen molar-refractivity contribution in [1.82, 2.24) is 0 Å². The average Bonchev–Trinajstić information content (AvgIpc) is 2.36. The molecule has 0 heterocycles. The highest BCUT2D eigenvalue weighted by Gasteiger charge is 3.05. The van der Waals surface area contributed by atoms with Gasteiger partial charge in [-0.1, -0.05) is 0 Å². The maximum absolute atomic E-state index is 12.2. The fraction of sp³-hybridized carbons (Fsp3) is 0.857. The lowest BCUT2D eigenvalue weighted by Crippen LogP contribution is -3.02. The first kappa shape index (κ1) is 9.82. The lowest BCUT2D eigenvalue weighted by atomic mass is 9.01. The van der Waals surface area contributed by atoms with Crippen LogP contribution in [0.5, 0.6) is 0 Å². The van der Waals surface area contributed by atoms with Crippen LogP contribution >= 0.6 is 0 Å². The van der Waals surface area contributed by atoms with Gasteiger partial charge in [0.2, 0.25) is 0 Å². The molecule has 0 N–H and O–H groups in total. The number of ether oxygens (including phenoxy) is 2. The van der Waals surface area contributed by atoms with Crippen LogP contribution in [-0.2, 0) is 19.1 Å². The van der Waals surface area contributed by atoms with Gasteiger partial charge in [-0.2, -0.15) is 0 Å². The molecule has 18 heavy (non-hydrogen) atoms. The van der Waals surface area contributed by atoms with Gasteiger partial charge >= 0.3 is 11.9 Å². The summed E-state index contributed by atoms with van der Waals surface area (Å²) in [4.78, 5) is 24.4. The van der Waals surface area contributed by atoms with Crippen LogP contribution in [0, 0.1) is 46.3 Å². The maximum Gasteiger partial charge on any atom is 0.312 e. The molecule has 6 rings (SSSR count). The van der Waals surface area contributed by atoms with E-state index in [1.807, 2.05) is 0 Å². The number of hydrogen-bond donors (Lipinski definition) is 0. The third-order valence-corrected chi connectivity index (χ3v) is 7.27. The van der Waals surface area contributed by atoms with E-state index < -0.39 is 0 Å². The Morgan fingerprint density at radius 1 is 1.00 bits per heavy atom. The van der Waals surface area contributed by atoms with Gasteiger partial charge in [0.1, 0.15) is 0 Å². The minimum Gasteiger partial charge on any atom is -0.469 e. The molecule has 4 nitrogen and oxygen atoms in total. The minimum absolute atomic E-state index is 0.0545. The first-order valence-electron chi connectivity index (χ1n) is 6.85. The SMILES string of the molecule is COC(=O)C12C3CCC4C5C3C1C5(C(=O)OC)C42. The Kier molecular flexibility index (Phi) is 1.28. The molecule has 6 aliphatic carbocycles. The van der Waals surface area contributed by atoms with Crippen molar-refractivity contribution in [3.05, 3.63) is 0 Å². The van der Waals surface area contributed by atoms with Crippen molar-refractivity contribution >= 4 is 11.9 Å². The van der Waals surface area contributed by atoms with E-state index in [2.05, 4.69) is 0 Å². The molecule has 0 aliphatic heterocycles. The van der Waals surface area contributed by atoms with Crippen LogP contribution < -0.4 is 0 Å². The Morgan fingerprint density at radius 2 is 1.67 bits per heavy atom. The van der Waals surface area contributed by atoms with Crippen molar-refractivity contribution in [2.24, 2.45) is 46.3 Å². The first-order valence-corrected chi connectivity index (χ1v) is 6.85. The van der Waals surface area contributed by atoms with Gasteiger partial charge in [0.15, 0.2) is 0 Å². The summed E-state index contributed by atoms with van der Waals surface area (Å²) in [6, 6.07) is 0. The van der Waals surface area contributed by atoms with Gasteiger partial charge in [-0.25, -0.2) is 0 Å². The Morgan fingerprint density at radius 3 is 2.28 bits per heavy atom. The minimum atomic E-state index is -0.286. The normalized spacial score (nSPS) is 63.4. The number of hydrogen-bond acceptors (Lipinski definition) is 4. The Balaban J connectivity index is 1.64. The van der Waals surface area contributed by atoms with E-state index in [9.17, 15) is 9.59 Å². The molecule has 6 saturated carbocycles. The molecule has 0 spiro atoms. The van der Waals surface area contributed by atoms with Crippen molar-refractivity contribution < 1.29 is 19.1 Å². The standard InChI is InChI=1S/C14H16O4/c1-17-11(15)13-6-4-3-5-8-7(6)10(13)14(8,9(5)13)12(16)18-2/h5-10H,3-4H2,1-2H3. The second-order valence-electron chi connectivity index (χ2n) is 6.76. The summed E-state index contributed by atoms with van der Waals surface area (Å²) >= 11 is 0. The molecule has 0 aromatic heterocycles. The highest BCUT2D eigenvalue weighted by atomic mass is 16.5. The fourth-order valence-corrected chi connectivity index (χ4v) is 7.42. The van der Waals surface area contributed by atoms with Gasteiger partial charge in [-0.05, 0) is 48.3 Å². The van der Waals surface area contributed by atoms with Crippen molar-refractivity contribution in [2.45, 2.75) is 12.8 Å². The summed E-state index contributed by atoms with van der Waals surface area (Å²) in [5, 5.41) is 0. The summed E-state index contributed by atoms with van der Waals surface area (Å²) in [6.45, 7) is 0. The monoisotopic (exact) mass is 248 g/mol. The molecule has 4 heteroatoms. The molecular weight excluding hydrogens is 232 g/mol. The molecule has 0 radical (unpaired) electrons.